The van der Waals surface area contributed by atoms with Crippen molar-refractivity contribution in [3.8, 4) is 11.5 Å². The minimum Gasteiger partial charge on any atom is -0.496 e. The number of benzene rings is 3. The number of primary amides is 1. The van der Waals surface area contributed by atoms with Crippen LogP contribution in [0.25, 0.3) is 10.9 Å². The first-order valence-corrected chi connectivity index (χ1v) is 17.1. The summed E-state index contributed by atoms with van der Waals surface area (Å²) in [5.74, 6) is 1.24. The average Bonchev–Trinajstić information content (AvgIpc) is 3.57. The molecule has 0 aliphatic carbocycles. The van der Waals surface area contributed by atoms with Gasteiger partial charge in [0.1, 0.15) is 24.7 Å². The SMILES string of the molecule is C=CCc1cc2c(cc1OC)COC(=O)N2C.COc1cc2c(cc1CCN1CCC(n3ccc4ccc(C(N)=O)cc43)CC1)N(C)C(=O)OC2. The lowest BCUT2D eigenvalue weighted by Crippen LogP contribution is -2.36. The molecule has 12 nitrogen and oxygen atoms in total. The number of allylic oxidation sites excluding steroid dienone is 1. The number of likely N-dealkylation sites (tertiary alicyclic amines) is 1. The molecule has 51 heavy (non-hydrogen) atoms. The molecule has 1 saturated heterocycles. The standard InChI is InChI=1S/C26H30N4O4.C13H15NO3/c1-28-22-13-18(24(33-2)15-20(22)16-34-26(28)32)5-9-29-10-7-21(8-11-29)30-12-6-17-3-4-19(25(27)31)14-23(17)30;1-4-5-9-6-11-10(7-12(9)16-3)8-17-13(15)14(11)2/h3-4,6,12-15,21H,5,7-11,16H2,1-2H3,(H2,27,31);4,6-7H,1,5,8H2,2-3H3. The molecule has 0 unspecified atom stereocenters. The van der Waals surface area contributed by atoms with E-state index < -0.39 is 5.91 Å². The number of nitrogens with zero attached hydrogens (tertiary/aromatic N) is 4. The summed E-state index contributed by atoms with van der Waals surface area (Å²) in [6.45, 7) is 7.21. The van der Waals surface area contributed by atoms with E-state index in [9.17, 15) is 14.4 Å². The van der Waals surface area contributed by atoms with Crippen LogP contribution in [-0.4, -0.2) is 75.5 Å². The summed E-state index contributed by atoms with van der Waals surface area (Å²) in [6.07, 6.45) is 6.91. The van der Waals surface area contributed by atoms with Crippen molar-refractivity contribution in [3.05, 3.63) is 95.2 Å². The van der Waals surface area contributed by atoms with Gasteiger partial charge in [0.2, 0.25) is 5.91 Å². The number of methoxy groups -OCH3 is 2. The number of aromatic nitrogens is 1. The van der Waals surface area contributed by atoms with E-state index in [0.717, 1.165) is 94.9 Å². The number of carbonyl (C=O) groups is 3. The monoisotopic (exact) mass is 695 g/mol. The first kappa shape index (κ1) is 35.3. The molecule has 2 N–H and O–H groups in total. The van der Waals surface area contributed by atoms with Gasteiger partial charge in [0.15, 0.2) is 0 Å². The number of hydrogen-bond acceptors (Lipinski definition) is 8. The van der Waals surface area contributed by atoms with E-state index in [1.54, 1.807) is 39.3 Å². The van der Waals surface area contributed by atoms with Crippen molar-refractivity contribution in [1.82, 2.24) is 9.47 Å². The zero-order valence-electron chi connectivity index (χ0n) is 29.6. The second-order valence-electron chi connectivity index (χ2n) is 13.0. The molecule has 0 spiro atoms. The molecule has 3 aliphatic heterocycles. The van der Waals surface area contributed by atoms with E-state index >= 15 is 0 Å². The maximum atomic E-state index is 11.9. The lowest BCUT2D eigenvalue weighted by Gasteiger charge is -2.33. The Labute approximate surface area is 297 Å². The molecule has 4 heterocycles. The Hall–Kier alpha value is -5.49. The van der Waals surface area contributed by atoms with Gasteiger partial charge in [0.05, 0.1) is 25.6 Å². The van der Waals surface area contributed by atoms with Crippen LogP contribution in [0.15, 0.2) is 67.4 Å². The van der Waals surface area contributed by atoms with Crippen LogP contribution in [0.2, 0.25) is 0 Å². The maximum absolute atomic E-state index is 11.9. The number of carbonyl (C=O) groups excluding carboxylic acids is 3. The van der Waals surface area contributed by atoms with Gasteiger partial charge in [0, 0.05) is 68.2 Å². The normalized spacial score (nSPS) is 16.0. The zero-order chi connectivity index (χ0) is 36.2. The highest BCUT2D eigenvalue weighted by molar-refractivity contribution is 5.97. The van der Waals surface area contributed by atoms with Crippen molar-refractivity contribution in [2.45, 2.75) is 44.9 Å². The second-order valence-corrected chi connectivity index (χ2v) is 13.0. The Morgan fingerprint density at radius 2 is 1.47 bits per heavy atom. The number of fused-ring (bicyclic) bond motifs is 3. The molecule has 0 bridgehead atoms. The van der Waals surface area contributed by atoms with Crippen molar-refractivity contribution in [3.63, 3.8) is 0 Å². The van der Waals surface area contributed by atoms with Crippen molar-refractivity contribution in [2.75, 3.05) is 57.7 Å². The number of amides is 3. The van der Waals surface area contributed by atoms with Crippen molar-refractivity contribution >= 4 is 40.4 Å². The summed E-state index contributed by atoms with van der Waals surface area (Å²) >= 11 is 0. The predicted octanol–water partition coefficient (Wildman–Crippen LogP) is 6.22. The smallest absolute Gasteiger partial charge is 0.414 e. The molecule has 4 aromatic rings. The van der Waals surface area contributed by atoms with Gasteiger partial charge in [-0.3, -0.25) is 14.6 Å². The van der Waals surface area contributed by atoms with Gasteiger partial charge in [-0.15, -0.1) is 6.58 Å². The van der Waals surface area contributed by atoms with Crippen LogP contribution in [0.4, 0.5) is 21.0 Å². The van der Waals surface area contributed by atoms with E-state index in [2.05, 4.69) is 34.4 Å². The lowest BCUT2D eigenvalue weighted by molar-refractivity contribution is 0.1000. The van der Waals surface area contributed by atoms with Crippen LogP contribution >= 0.6 is 0 Å². The maximum Gasteiger partial charge on any atom is 0.414 e. The third-order valence-corrected chi connectivity index (χ3v) is 9.96. The van der Waals surface area contributed by atoms with Crippen LogP contribution in [0.5, 0.6) is 11.5 Å². The molecular formula is C39H45N5O7. The number of rotatable bonds is 9. The van der Waals surface area contributed by atoms with Gasteiger partial charge in [-0.1, -0.05) is 12.1 Å². The molecule has 0 radical (unpaired) electrons. The summed E-state index contributed by atoms with van der Waals surface area (Å²) in [7, 11) is 6.75. The molecule has 1 aromatic heterocycles. The summed E-state index contributed by atoms with van der Waals surface area (Å²) in [5, 5.41) is 1.13. The molecule has 1 fully saturated rings. The summed E-state index contributed by atoms with van der Waals surface area (Å²) in [4.78, 5) is 40.5. The fourth-order valence-electron chi connectivity index (χ4n) is 7.04. The van der Waals surface area contributed by atoms with E-state index in [-0.39, 0.29) is 18.8 Å². The van der Waals surface area contributed by atoms with E-state index in [1.807, 2.05) is 36.4 Å². The Morgan fingerprint density at radius 1 is 0.882 bits per heavy atom. The summed E-state index contributed by atoms with van der Waals surface area (Å²) in [5.41, 5.74) is 12.9. The fourth-order valence-corrected chi connectivity index (χ4v) is 7.04. The van der Waals surface area contributed by atoms with E-state index in [1.165, 1.54) is 4.90 Å². The van der Waals surface area contributed by atoms with E-state index in [4.69, 9.17) is 24.7 Å². The van der Waals surface area contributed by atoms with Crippen LogP contribution < -0.4 is 25.0 Å². The molecule has 3 amide bonds. The predicted molar refractivity (Wildman–Crippen MR) is 196 cm³/mol. The fraction of sp³-hybridized carbons (Fsp3) is 0.359. The number of cyclic esters (lactones) is 2. The largest absolute Gasteiger partial charge is 0.496 e. The quantitative estimate of drug-likeness (QED) is 0.204. The van der Waals surface area contributed by atoms with Crippen molar-refractivity contribution < 1.29 is 33.3 Å². The summed E-state index contributed by atoms with van der Waals surface area (Å²) < 4.78 is 23.5. The first-order chi connectivity index (χ1) is 24.6. The summed E-state index contributed by atoms with van der Waals surface area (Å²) in [6, 6.07) is 16.1. The topological polar surface area (TPSA) is 129 Å². The van der Waals surface area contributed by atoms with Gasteiger partial charge < -0.3 is 34.1 Å². The van der Waals surface area contributed by atoms with E-state index in [0.29, 0.717) is 24.6 Å². The highest BCUT2D eigenvalue weighted by Gasteiger charge is 2.26. The van der Waals surface area contributed by atoms with Crippen LogP contribution in [0.3, 0.4) is 0 Å². The van der Waals surface area contributed by atoms with Gasteiger partial charge >= 0.3 is 12.2 Å². The van der Waals surface area contributed by atoms with Gasteiger partial charge in [-0.25, -0.2) is 9.59 Å². The Kier molecular flexibility index (Phi) is 10.5. The number of nitrogens with two attached hydrogens (primary N) is 1. The lowest BCUT2D eigenvalue weighted by atomic mass is 10.0. The molecule has 268 valence electrons. The van der Waals surface area contributed by atoms with Crippen molar-refractivity contribution in [2.24, 2.45) is 5.73 Å². The molecule has 0 saturated carbocycles. The molecule has 3 aromatic carbocycles. The third-order valence-electron chi connectivity index (χ3n) is 9.96. The Bertz CT molecular complexity index is 1960. The zero-order valence-corrected chi connectivity index (χ0v) is 29.6. The third kappa shape index (κ3) is 7.36. The highest BCUT2D eigenvalue weighted by atomic mass is 16.6. The van der Waals surface area contributed by atoms with Gasteiger partial charge in [0.25, 0.3) is 0 Å². The average molecular weight is 696 g/mol. The van der Waals surface area contributed by atoms with Crippen LogP contribution in [-0.2, 0) is 35.5 Å². The number of anilines is 2. The Morgan fingerprint density at radius 3 is 2.04 bits per heavy atom. The van der Waals surface area contributed by atoms with Crippen LogP contribution in [0, 0.1) is 0 Å². The molecular weight excluding hydrogens is 650 g/mol. The first-order valence-electron chi connectivity index (χ1n) is 17.1. The second kappa shape index (κ2) is 15.2. The number of ether oxygens (including phenoxy) is 4. The minimum atomic E-state index is -0.398. The molecule has 3 aliphatic rings. The molecule has 0 atom stereocenters. The highest BCUT2D eigenvalue weighted by Crippen LogP contribution is 2.35. The van der Waals surface area contributed by atoms with Crippen LogP contribution in [0.1, 0.15) is 51.5 Å². The van der Waals surface area contributed by atoms with Gasteiger partial charge in [-0.05, 0) is 84.7 Å². The molecule has 7 rings (SSSR count). The number of hydrogen-bond donors (Lipinski definition) is 1. The van der Waals surface area contributed by atoms with Gasteiger partial charge in [-0.2, -0.15) is 0 Å². The number of piperidine rings is 1. The molecule has 12 heteroatoms. The minimum absolute atomic E-state index is 0.275. The van der Waals surface area contributed by atoms with Crippen molar-refractivity contribution in [1.29, 1.82) is 0 Å². The Balaban J connectivity index is 0.000000221.